The number of nitrogens with one attached hydrogen (secondary N) is 2. The Bertz CT molecular complexity index is 788. The Morgan fingerprint density at radius 3 is 2.54 bits per heavy atom. The summed E-state index contributed by atoms with van der Waals surface area (Å²) in [4.78, 5) is 29.0. The number of aromatic nitrogens is 2. The van der Waals surface area contributed by atoms with Crippen LogP contribution in [0.5, 0.6) is 0 Å². The second kappa shape index (κ2) is 7.35. The molecule has 3 amide bonds. The molecule has 26 heavy (non-hydrogen) atoms. The van der Waals surface area contributed by atoms with Crippen LogP contribution in [0.2, 0.25) is 0 Å². The minimum absolute atomic E-state index is 0.00723. The number of H-pyrrole nitrogens is 1. The molecule has 4 rings (SSSR count). The van der Waals surface area contributed by atoms with Crippen molar-refractivity contribution < 1.29 is 9.59 Å². The number of hydrogen-bond donors (Lipinski definition) is 2. The van der Waals surface area contributed by atoms with Gasteiger partial charge in [-0.05, 0) is 18.9 Å². The van der Waals surface area contributed by atoms with Crippen molar-refractivity contribution >= 4 is 22.8 Å². The van der Waals surface area contributed by atoms with Gasteiger partial charge in [0.2, 0.25) is 0 Å². The van der Waals surface area contributed by atoms with E-state index in [0.29, 0.717) is 37.8 Å². The van der Waals surface area contributed by atoms with Crippen LogP contribution in [0.15, 0.2) is 24.4 Å². The van der Waals surface area contributed by atoms with Crippen molar-refractivity contribution in [2.45, 2.75) is 38.1 Å². The normalized spacial score (nSPS) is 18.9. The zero-order valence-electron chi connectivity index (χ0n) is 14.9. The van der Waals surface area contributed by atoms with Crippen LogP contribution in [0, 0.1) is 0 Å². The van der Waals surface area contributed by atoms with Crippen LogP contribution < -0.4 is 5.32 Å². The van der Waals surface area contributed by atoms with Gasteiger partial charge < -0.3 is 15.1 Å². The van der Waals surface area contributed by atoms with E-state index in [1.54, 1.807) is 6.20 Å². The Hall–Kier alpha value is -2.57. The standard InChI is InChI=1S/C19H25N5O2/c25-18(16-8-4-5-14-13-20-22-17(14)16)23-9-11-24(12-10-23)19(26)21-15-6-2-1-3-7-15/h4-5,8,13,15H,1-3,6-7,9-12H2,(H,20,22)(H,21,26). The van der Waals surface area contributed by atoms with Gasteiger partial charge in [-0.2, -0.15) is 5.10 Å². The number of urea groups is 1. The summed E-state index contributed by atoms with van der Waals surface area (Å²) < 4.78 is 0. The van der Waals surface area contributed by atoms with Crippen LogP contribution in [0.3, 0.4) is 0 Å². The second-order valence-electron chi connectivity index (χ2n) is 7.20. The molecule has 2 aliphatic rings. The highest BCUT2D eigenvalue weighted by molar-refractivity contribution is 6.05. The zero-order chi connectivity index (χ0) is 17.9. The van der Waals surface area contributed by atoms with E-state index in [4.69, 9.17) is 0 Å². The second-order valence-corrected chi connectivity index (χ2v) is 7.20. The van der Waals surface area contributed by atoms with Crippen LogP contribution in [-0.2, 0) is 0 Å². The molecule has 138 valence electrons. The van der Waals surface area contributed by atoms with Gasteiger partial charge in [-0.25, -0.2) is 4.79 Å². The van der Waals surface area contributed by atoms with Gasteiger partial charge in [0.1, 0.15) is 0 Å². The molecule has 1 saturated carbocycles. The maximum absolute atomic E-state index is 12.9. The average molecular weight is 355 g/mol. The van der Waals surface area contributed by atoms with E-state index >= 15 is 0 Å². The lowest BCUT2D eigenvalue weighted by Crippen LogP contribution is -2.54. The maximum Gasteiger partial charge on any atom is 0.317 e. The van der Waals surface area contributed by atoms with Crippen molar-refractivity contribution in [2.24, 2.45) is 0 Å². The number of carbonyl (C=O) groups is 2. The van der Waals surface area contributed by atoms with Crippen LogP contribution >= 0.6 is 0 Å². The van der Waals surface area contributed by atoms with E-state index in [9.17, 15) is 9.59 Å². The Morgan fingerprint density at radius 2 is 1.77 bits per heavy atom. The third kappa shape index (κ3) is 3.38. The summed E-state index contributed by atoms with van der Waals surface area (Å²) in [5.74, 6) is -0.00723. The summed E-state index contributed by atoms with van der Waals surface area (Å²) in [5, 5.41) is 11.0. The number of rotatable bonds is 2. The smallest absolute Gasteiger partial charge is 0.317 e. The van der Waals surface area contributed by atoms with Crippen LogP contribution in [0.25, 0.3) is 10.9 Å². The molecule has 1 aromatic carbocycles. The first-order chi connectivity index (χ1) is 12.7. The number of hydrogen-bond acceptors (Lipinski definition) is 3. The molecule has 0 bridgehead atoms. The number of para-hydroxylation sites is 1. The summed E-state index contributed by atoms with van der Waals surface area (Å²) in [6, 6.07) is 5.96. The third-order valence-electron chi connectivity index (χ3n) is 5.49. The number of carbonyl (C=O) groups excluding carboxylic acids is 2. The molecule has 2 fully saturated rings. The fraction of sp³-hybridized carbons (Fsp3) is 0.526. The van der Waals surface area contributed by atoms with Gasteiger partial charge in [-0.3, -0.25) is 9.89 Å². The van der Waals surface area contributed by atoms with Gasteiger partial charge in [0.05, 0.1) is 17.3 Å². The Labute approximate surface area is 152 Å². The van der Waals surface area contributed by atoms with Gasteiger partial charge in [0.15, 0.2) is 0 Å². The Kier molecular flexibility index (Phi) is 4.77. The molecule has 1 saturated heterocycles. The molecule has 2 heterocycles. The number of fused-ring (bicyclic) bond motifs is 1. The van der Waals surface area contributed by atoms with Gasteiger partial charge in [-0.1, -0.05) is 31.4 Å². The van der Waals surface area contributed by atoms with Crippen LogP contribution in [0.4, 0.5) is 4.79 Å². The lowest BCUT2D eigenvalue weighted by atomic mass is 9.96. The van der Waals surface area contributed by atoms with Crippen molar-refractivity contribution in [3.05, 3.63) is 30.0 Å². The molecule has 1 aliphatic carbocycles. The summed E-state index contributed by atoms with van der Waals surface area (Å²) in [5.41, 5.74) is 1.41. The SMILES string of the molecule is O=C(NC1CCCCC1)N1CCN(C(=O)c2cccc3cn[nH]c23)CC1. The zero-order valence-corrected chi connectivity index (χ0v) is 14.9. The van der Waals surface area contributed by atoms with E-state index in [-0.39, 0.29) is 11.9 Å². The van der Waals surface area contributed by atoms with E-state index in [2.05, 4.69) is 15.5 Å². The molecular weight excluding hydrogens is 330 g/mol. The molecule has 2 N–H and O–H groups in total. The molecule has 7 nitrogen and oxygen atoms in total. The van der Waals surface area contributed by atoms with E-state index in [0.717, 1.165) is 23.7 Å². The lowest BCUT2D eigenvalue weighted by molar-refractivity contribution is 0.0664. The first-order valence-electron chi connectivity index (χ1n) is 9.49. The summed E-state index contributed by atoms with van der Waals surface area (Å²) >= 11 is 0. The quantitative estimate of drug-likeness (QED) is 0.868. The fourth-order valence-electron chi connectivity index (χ4n) is 3.94. The van der Waals surface area contributed by atoms with E-state index < -0.39 is 0 Å². The highest BCUT2D eigenvalue weighted by atomic mass is 16.2. The van der Waals surface area contributed by atoms with Crippen molar-refractivity contribution in [1.29, 1.82) is 0 Å². The van der Waals surface area contributed by atoms with Gasteiger partial charge >= 0.3 is 6.03 Å². The number of benzene rings is 1. The Balaban J connectivity index is 1.35. The summed E-state index contributed by atoms with van der Waals surface area (Å²) in [7, 11) is 0. The molecule has 1 aromatic heterocycles. The van der Waals surface area contributed by atoms with Crippen molar-refractivity contribution in [2.75, 3.05) is 26.2 Å². The predicted octanol–water partition coefficient (Wildman–Crippen LogP) is 2.36. The monoisotopic (exact) mass is 355 g/mol. The molecular formula is C19H25N5O2. The van der Waals surface area contributed by atoms with Crippen molar-refractivity contribution in [3.8, 4) is 0 Å². The Morgan fingerprint density at radius 1 is 1.04 bits per heavy atom. The van der Waals surface area contributed by atoms with Crippen molar-refractivity contribution in [3.63, 3.8) is 0 Å². The number of aromatic amines is 1. The summed E-state index contributed by atoms with van der Waals surface area (Å²) in [6.07, 6.45) is 7.56. The topological polar surface area (TPSA) is 81.3 Å². The molecule has 0 atom stereocenters. The fourth-order valence-corrected chi connectivity index (χ4v) is 3.94. The van der Waals surface area contributed by atoms with Gasteiger partial charge in [0.25, 0.3) is 5.91 Å². The average Bonchev–Trinajstić information content (AvgIpc) is 3.17. The van der Waals surface area contributed by atoms with E-state index in [1.807, 2.05) is 28.0 Å². The molecule has 0 unspecified atom stereocenters. The maximum atomic E-state index is 12.9. The highest BCUT2D eigenvalue weighted by Crippen LogP contribution is 2.19. The minimum atomic E-state index is -0.00723. The highest BCUT2D eigenvalue weighted by Gasteiger charge is 2.27. The lowest BCUT2D eigenvalue weighted by Gasteiger charge is -2.36. The third-order valence-corrected chi connectivity index (χ3v) is 5.49. The van der Waals surface area contributed by atoms with Gasteiger partial charge in [-0.15, -0.1) is 0 Å². The molecule has 1 aliphatic heterocycles. The van der Waals surface area contributed by atoms with Crippen LogP contribution in [0.1, 0.15) is 42.5 Å². The first-order valence-corrected chi connectivity index (χ1v) is 9.49. The number of piperazine rings is 1. The summed E-state index contributed by atoms with van der Waals surface area (Å²) in [6.45, 7) is 2.26. The van der Waals surface area contributed by atoms with Crippen molar-refractivity contribution in [1.82, 2.24) is 25.3 Å². The molecule has 2 aromatic rings. The van der Waals surface area contributed by atoms with E-state index in [1.165, 1.54) is 19.3 Å². The molecule has 0 radical (unpaired) electrons. The molecule has 7 heteroatoms. The largest absolute Gasteiger partial charge is 0.335 e. The number of nitrogens with zero attached hydrogens (tertiary/aromatic N) is 3. The number of amides is 3. The minimum Gasteiger partial charge on any atom is -0.335 e. The van der Waals surface area contributed by atoms with Gasteiger partial charge in [0, 0.05) is 37.6 Å². The predicted molar refractivity (Wildman–Crippen MR) is 99.0 cm³/mol. The molecule has 0 spiro atoms. The van der Waals surface area contributed by atoms with Crippen LogP contribution in [-0.4, -0.2) is 64.2 Å². The first kappa shape index (κ1) is 16.9.